The topological polar surface area (TPSA) is 98.1 Å². The fraction of sp³-hybridized carbons (Fsp3) is 0.632. The van der Waals surface area contributed by atoms with Crippen molar-refractivity contribution in [1.82, 2.24) is 4.67 Å². The molecule has 1 aliphatic carbocycles. The zero-order chi connectivity index (χ0) is 19.1. The van der Waals surface area contributed by atoms with Crippen LogP contribution in [0.3, 0.4) is 0 Å². The molecule has 0 bridgehead atoms. The molecule has 1 aliphatic rings. The molecule has 2 rings (SSSR count). The number of rotatable bonds is 9. The molecule has 0 aliphatic heterocycles. The number of benzene rings is 1. The Hall–Kier alpha value is -1.33. The molecule has 0 aromatic heterocycles. The van der Waals surface area contributed by atoms with Crippen molar-refractivity contribution in [3.8, 4) is 0 Å². The van der Waals surface area contributed by atoms with Gasteiger partial charge in [-0.2, -0.15) is 0 Å². The molecular formula is C19H29NO5P+. The lowest BCUT2D eigenvalue weighted by atomic mass is 9.85. The Balaban J connectivity index is 1.97. The number of hydrogen-bond acceptors (Lipinski definition) is 3. The summed E-state index contributed by atoms with van der Waals surface area (Å²) in [6.07, 6.45) is 7.12. The van der Waals surface area contributed by atoms with Gasteiger partial charge in [-0.3, -0.25) is 0 Å². The minimum Gasteiger partial charge on any atom is -0.478 e. The van der Waals surface area contributed by atoms with Crippen LogP contribution >= 0.6 is 8.18 Å². The first kappa shape index (κ1) is 21.0. The lowest BCUT2D eigenvalue weighted by Gasteiger charge is -2.24. The summed E-state index contributed by atoms with van der Waals surface area (Å²) in [5.41, 5.74) is 0.780. The van der Waals surface area contributed by atoms with Crippen LogP contribution in [0, 0.1) is 5.92 Å². The van der Waals surface area contributed by atoms with E-state index >= 15 is 0 Å². The normalized spacial score (nSPS) is 18.5. The molecule has 144 valence electrons. The predicted molar refractivity (Wildman–Crippen MR) is 100 cm³/mol. The summed E-state index contributed by atoms with van der Waals surface area (Å²) in [4.78, 5) is 20.8. The van der Waals surface area contributed by atoms with Crippen molar-refractivity contribution < 1.29 is 24.5 Å². The van der Waals surface area contributed by atoms with E-state index in [9.17, 15) is 19.4 Å². The predicted octanol–water partition coefficient (Wildman–Crippen LogP) is 4.12. The van der Waals surface area contributed by atoms with Crippen LogP contribution in [0.2, 0.25) is 0 Å². The maximum atomic E-state index is 11.8. The van der Waals surface area contributed by atoms with Gasteiger partial charge in [0.2, 0.25) is 0 Å². The Morgan fingerprint density at radius 2 is 2.00 bits per heavy atom. The zero-order valence-electron chi connectivity index (χ0n) is 15.3. The number of aliphatic hydroxyl groups excluding tert-OH is 1. The molecule has 1 aromatic carbocycles. The molecule has 0 spiro atoms. The van der Waals surface area contributed by atoms with Crippen molar-refractivity contribution in [2.45, 2.75) is 64.0 Å². The second-order valence-corrected chi connectivity index (χ2v) is 8.24. The molecule has 0 heterocycles. The molecule has 0 radical (unpaired) electrons. The first-order chi connectivity index (χ1) is 12.4. The third-order valence-electron chi connectivity index (χ3n) is 5.31. The number of aliphatic hydroxyl groups is 1. The van der Waals surface area contributed by atoms with Crippen molar-refractivity contribution in [3.63, 3.8) is 0 Å². The van der Waals surface area contributed by atoms with Crippen molar-refractivity contribution in [1.29, 1.82) is 0 Å². The van der Waals surface area contributed by atoms with E-state index in [1.54, 1.807) is 19.1 Å². The Labute approximate surface area is 155 Å². The highest BCUT2D eigenvalue weighted by molar-refractivity contribution is 7.35. The Kier molecular flexibility index (Phi) is 8.16. The van der Waals surface area contributed by atoms with Crippen LogP contribution in [-0.4, -0.2) is 38.4 Å². The van der Waals surface area contributed by atoms with E-state index in [0.29, 0.717) is 17.9 Å². The van der Waals surface area contributed by atoms with Crippen LogP contribution in [0.4, 0.5) is 0 Å². The van der Waals surface area contributed by atoms with Gasteiger partial charge in [-0.15, -0.1) is 4.89 Å². The average molecular weight is 382 g/mol. The maximum absolute atomic E-state index is 11.8. The second-order valence-electron chi connectivity index (χ2n) is 7.22. The number of carbonyl (C=O) groups is 1. The third-order valence-corrected chi connectivity index (χ3v) is 6.26. The Morgan fingerprint density at radius 1 is 1.31 bits per heavy atom. The number of aromatic carboxylic acids is 1. The van der Waals surface area contributed by atoms with E-state index in [1.807, 2.05) is 0 Å². The van der Waals surface area contributed by atoms with E-state index in [0.717, 1.165) is 6.42 Å². The van der Waals surface area contributed by atoms with Crippen LogP contribution in [0.5, 0.6) is 0 Å². The third kappa shape index (κ3) is 6.13. The molecule has 26 heavy (non-hydrogen) atoms. The van der Waals surface area contributed by atoms with E-state index < -0.39 is 26.3 Å². The van der Waals surface area contributed by atoms with Gasteiger partial charge in [-0.05, 0) is 47.9 Å². The molecule has 0 saturated heterocycles. The van der Waals surface area contributed by atoms with Crippen molar-refractivity contribution in [2.75, 3.05) is 6.54 Å². The minimum absolute atomic E-state index is 0.0941. The monoisotopic (exact) mass is 382 g/mol. The van der Waals surface area contributed by atoms with Gasteiger partial charge in [0.1, 0.15) is 0 Å². The lowest BCUT2D eigenvalue weighted by Crippen LogP contribution is -2.30. The SMILES string of the molecule is C[C@H](c1cccc(C(=O)O)c1)N(C[C@@H](O)CCC1CCCCC1)[P+](=O)O. The van der Waals surface area contributed by atoms with Gasteiger partial charge in [0.25, 0.3) is 0 Å². The number of carboxylic acid groups (broad SMARTS) is 1. The summed E-state index contributed by atoms with van der Waals surface area (Å²) >= 11 is 0. The molecule has 3 N–H and O–H groups in total. The highest BCUT2D eigenvalue weighted by atomic mass is 31.1. The molecule has 1 aromatic rings. The summed E-state index contributed by atoms with van der Waals surface area (Å²) in [7, 11) is -2.63. The van der Waals surface area contributed by atoms with Crippen LogP contribution in [0.15, 0.2) is 24.3 Å². The molecule has 1 unspecified atom stereocenters. The van der Waals surface area contributed by atoms with Gasteiger partial charge in [-0.1, -0.05) is 48.9 Å². The highest BCUT2D eigenvalue weighted by Gasteiger charge is 2.34. The van der Waals surface area contributed by atoms with Gasteiger partial charge in [0.15, 0.2) is 0 Å². The molecular weight excluding hydrogens is 353 g/mol. The average Bonchev–Trinajstić information content (AvgIpc) is 2.64. The summed E-state index contributed by atoms with van der Waals surface area (Å²) in [5.74, 6) is -0.383. The fourth-order valence-corrected chi connectivity index (χ4v) is 4.45. The van der Waals surface area contributed by atoms with Gasteiger partial charge in [-0.25, -0.2) is 4.79 Å². The molecule has 0 amide bonds. The quantitative estimate of drug-likeness (QED) is 0.556. The van der Waals surface area contributed by atoms with Gasteiger partial charge < -0.3 is 10.2 Å². The van der Waals surface area contributed by atoms with E-state index in [1.165, 1.54) is 48.9 Å². The first-order valence-electron chi connectivity index (χ1n) is 9.32. The van der Waals surface area contributed by atoms with Crippen LogP contribution < -0.4 is 0 Å². The first-order valence-corrected chi connectivity index (χ1v) is 10.5. The molecule has 6 nitrogen and oxygen atoms in total. The van der Waals surface area contributed by atoms with Crippen LogP contribution in [0.1, 0.15) is 73.8 Å². The number of carboxylic acids is 1. The zero-order valence-corrected chi connectivity index (χ0v) is 16.1. The summed E-state index contributed by atoms with van der Waals surface area (Å²) < 4.78 is 13.2. The minimum atomic E-state index is -2.63. The van der Waals surface area contributed by atoms with E-state index in [2.05, 4.69) is 0 Å². The van der Waals surface area contributed by atoms with Gasteiger partial charge in [0.05, 0.1) is 24.3 Å². The standard InChI is InChI=1S/C19H28NO5P/c1-14(16-8-5-9-17(12-16)19(22)23)20(26(24)25)13-18(21)11-10-15-6-3-2-4-7-15/h5,8-9,12,14-15,18,21H,2-4,6-7,10-11,13H2,1H3,(H-,22,23,24,25)/p+1/t14-,18+/m1/s1. The maximum Gasteiger partial charge on any atom is 0.613 e. The Morgan fingerprint density at radius 3 is 2.62 bits per heavy atom. The molecule has 3 atom stereocenters. The van der Waals surface area contributed by atoms with Crippen molar-refractivity contribution in [2.24, 2.45) is 5.92 Å². The second kappa shape index (κ2) is 10.1. The molecule has 1 fully saturated rings. The summed E-state index contributed by atoms with van der Waals surface area (Å²) in [6.45, 7) is 1.84. The summed E-state index contributed by atoms with van der Waals surface area (Å²) in [6, 6.07) is 5.88. The number of hydrogen-bond donors (Lipinski definition) is 3. The smallest absolute Gasteiger partial charge is 0.478 e. The summed E-state index contributed by atoms with van der Waals surface area (Å²) in [5, 5.41) is 19.5. The van der Waals surface area contributed by atoms with Crippen LogP contribution in [0.25, 0.3) is 0 Å². The van der Waals surface area contributed by atoms with Crippen molar-refractivity contribution >= 4 is 14.1 Å². The van der Waals surface area contributed by atoms with Gasteiger partial charge >= 0.3 is 14.1 Å². The van der Waals surface area contributed by atoms with E-state index in [4.69, 9.17) is 5.11 Å². The fourth-order valence-electron chi connectivity index (χ4n) is 3.69. The highest BCUT2D eigenvalue weighted by Crippen LogP contribution is 2.35. The van der Waals surface area contributed by atoms with Crippen molar-refractivity contribution in [3.05, 3.63) is 35.4 Å². The molecule has 1 saturated carbocycles. The van der Waals surface area contributed by atoms with Crippen LogP contribution in [-0.2, 0) is 4.57 Å². The largest absolute Gasteiger partial charge is 0.613 e. The Bertz CT molecular complexity index is 618. The lowest BCUT2D eigenvalue weighted by molar-refractivity contribution is 0.0696. The van der Waals surface area contributed by atoms with Gasteiger partial charge in [0, 0.05) is 0 Å². The van der Waals surface area contributed by atoms with E-state index in [-0.39, 0.29) is 12.1 Å². The molecule has 7 heteroatoms. The number of nitrogens with zero attached hydrogens (tertiary/aromatic N) is 1.